The van der Waals surface area contributed by atoms with Gasteiger partial charge in [0, 0.05) is 17.0 Å². The van der Waals surface area contributed by atoms with Crippen LogP contribution in [-0.2, 0) is 6.42 Å². The van der Waals surface area contributed by atoms with Crippen molar-refractivity contribution in [3.05, 3.63) is 72.3 Å². The molecule has 31 heavy (non-hydrogen) atoms. The molecule has 5 nitrogen and oxygen atoms in total. The predicted molar refractivity (Wildman–Crippen MR) is 126 cm³/mol. The lowest BCUT2D eigenvalue weighted by Gasteiger charge is -2.14. The molecular weight excluding hydrogens is 386 g/mol. The monoisotopic (exact) mass is 413 g/mol. The van der Waals surface area contributed by atoms with E-state index in [2.05, 4.69) is 36.5 Å². The van der Waals surface area contributed by atoms with Crippen LogP contribution in [0.1, 0.15) is 25.3 Å². The smallest absolute Gasteiger partial charge is 0.162 e. The molecule has 4 rings (SSSR count). The van der Waals surface area contributed by atoms with Crippen molar-refractivity contribution in [2.45, 2.75) is 26.2 Å². The van der Waals surface area contributed by atoms with Crippen LogP contribution >= 0.6 is 0 Å². The van der Waals surface area contributed by atoms with E-state index in [1.54, 1.807) is 14.2 Å². The standard InChI is InChI=1S/C26H27N3O2/c1-4-5-8-18-11-13-19(14-12-18)25-27-22-10-7-6-9-21(22)26(29-25)28-23-16-15-20(30-2)17-24(23)31-3/h6-7,9-17H,4-5,8H2,1-3H3,(H,27,28,29). The first kappa shape index (κ1) is 20.7. The van der Waals surface area contributed by atoms with Crippen LogP contribution in [0.25, 0.3) is 22.3 Å². The number of methoxy groups -OCH3 is 2. The van der Waals surface area contributed by atoms with Crippen molar-refractivity contribution in [2.75, 3.05) is 19.5 Å². The van der Waals surface area contributed by atoms with Crippen molar-refractivity contribution >= 4 is 22.4 Å². The van der Waals surface area contributed by atoms with Crippen LogP contribution in [0, 0.1) is 0 Å². The lowest BCUT2D eigenvalue weighted by molar-refractivity contribution is 0.395. The van der Waals surface area contributed by atoms with Gasteiger partial charge < -0.3 is 14.8 Å². The molecule has 3 aromatic carbocycles. The Kier molecular flexibility index (Phi) is 6.32. The number of aromatic nitrogens is 2. The van der Waals surface area contributed by atoms with Crippen LogP contribution in [-0.4, -0.2) is 24.2 Å². The molecule has 4 aromatic rings. The summed E-state index contributed by atoms with van der Waals surface area (Å²) in [6, 6.07) is 22.2. The van der Waals surface area contributed by atoms with Gasteiger partial charge in [-0.1, -0.05) is 49.7 Å². The molecule has 0 aliphatic carbocycles. The maximum atomic E-state index is 5.55. The van der Waals surface area contributed by atoms with Gasteiger partial charge in [0.05, 0.1) is 25.4 Å². The fourth-order valence-corrected chi connectivity index (χ4v) is 3.53. The minimum absolute atomic E-state index is 0.684. The lowest BCUT2D eigenvalue weighted by Crippen LogP contribution is -2.01. The Hall–Kier alpha value is -3.60. The summed E-state index contributed by atoms with van der Waals surface area (Å²) in [5.41, 5.74) is 4.04. The molecule has 1 N–H and O–H groups in total. The number of rotatable bonds is 8. The highest BCUT2D eigenvalue weighted by Crippen LogP contribution is 2.34. The average Bonchev–Trinajstić information content (AvgIpc) is 2.83. The van der Waals surface area contributed by atoms with Gasteiger partial charge in [-0.2, -0.15) is 0 Å². The van der Waals surface area contributed by atoms with Crippen LogP contribution in [0.2, 0.25) is 0 Å². The minimum atomic E-state index is 0.684. The second-order valence-corrected chi connectivity index (χ2v) is 7.40. The van der Waals surface area contributed by atoms with Crippen molar-refractivity contribution in [2.24, 2.45) is 0 Å². The van der Waals surface area contributed by atoms with Crippen molar-refractivity contribution in [3.8, 4) is 22.9 Å². The molecule has 0 fully saturated rings. The Morgan fingerprint density at radius 1 is 0.871 bits per heavy atom. The zero-order valence-electron chi connectivity index (χ0n) is 18.2. The SMILES string of the molecule is CCCCc1ccc(-c2nc(Nc3ccc(OC)cc3OC)c3ccccc3n2)cc1. The van der Waals surface area contributed by atoms with E-state index in [0.29, 0.717) is 11.6 Å². The third-order valence-electron chi connectivity index (χ3n) is 5.30. The first-order valence-corrected chi connectivity index (χ1v) is 10.6. The fourth-order valence-electron chi connectivity index (χ4n) is 3.53. The van der Waals surface area contributed by atoms with E-state index in [4.69, 9.17) is 19.4 Å². The summed E-state index contributed by atoms with van der Waals surface area (Å²) in [5, 5.41) is 4.38. The molecule has 0 spiro atoms. The highest BCUT2D eigenvalue weighted by Gasteiger charge is 2.12. The molecule has 0 aliphatic heterocycles. The molecule has 0 radical (unpaired) electrons. The molecule has 0 aliphatic rings. The van der Waals surface area contributed by atoms with Crippen molar-refractivity contribution < 1.29 is 9.47 Å². The Balaban J connectivity index is 1.74. The Labute approximate surface area is 183 Å². The highest BCUT2D eigenvalue weighted by molar-refractivity contribution is 5.92. The highest BCUT2D eigenvalue weighted by atomic mass is 16.5. The van der Waals surface area contributed by atoms with E-state index >= 15 is 0 Å². The maximum Gasteiger partial charge on any atom is 0.162 e. The second kappa shape index (κ2) is 9.47. The number of nitrogens with one attached hydrogen (secondary N) is 1. The zero-order valence-corrected chi connectivity index (χ0v) is 18.2. The Morgan fingerprint density at radius 3 is 2.42 bits per heavy atom. The van der Waals surface area contributed by atoms with Gasteiger partial charge in [0.1, 0.15) is 17.3 Å². The third kappa shape index (κ3) is 4.61. The number of para-hydroxylation sites is 1. The van der Waals surface area contributed by atoms with E-state index in [0.717, 1.165) is 40.1 Å². The van der Waals surface area contributed by atoms with Crippen molar-refractivity contribution in [1.82, 2.24) is 9.97 Å². The Bertz CT molecular complexity index is 1170. The largest absolute Gasteiger partial charge is 0.497 e. The van der Waals surface area contributed by atoms with Gasteiger partial charge in [-0.15, -0.1) is 0 Å². The van der Waals surface area contributed by atoms with E-state index in [1.165, 1.54) is 18.4 Å². The molecule has 1 heterocycles. The van der Waals surface area contributed by atoms with Crippen LogP contribution < -0.4 is 14.8 Å². The molecule has 158 valence electrons. The zero-order chi connectivity index (χ0) is 21.6. The summed E-state index contributed by atoms with van der Waals surface area (Å²) >= 11 is 0. The van der Waals surface area contributed by atoms with Gasteiger partial charge in [0.25, 0.3) is 0 Å². The van der Waals surface area contributed by atoms with Crippen molar-refractivity contribution in [3.63, 3.8) is 0 Å². The van der Waals surface area contributed by atoms with Crippen LogP contribution in [0.15, 0.2) is 66.7 Å². The number of hydrogen-bond acceptors (Lipinski definition) is 5. The Morgan fingerprint density at radius 2 is 1.68 bits per heavy atom. The topological polar surface area (TPSA) is 56.3 Å². The average molecular weight is 414 g/mol. The maximum absolute atomic E-state index is 5.55. The van der Waals surface area contributed by atoms with Gasteiger partial charge in [-0.25, -0.2) is 9.97 Å². The predicted octanol–water partition coefficient (Wildman–Crippen LogP) is 6.40. The molecule has 0 atom stereocenters. The minimum Gasteiger partial charge on any atom is -0.497 e. The van der Waals surface area contributed by atoms with Crippen LogP contribution in [0.4, 0.5) is 11.5 Å². The molecule has 1 aromatic heterocycles. The van der Waals surface area contributed by atoms with Crippen LogP contribution in [0.3, 0.4) is 0 Å². The normalized spacial score (nSPS) is 10.8. The number of benzene rings is 3. The number of hydrogen-bond donors (Lipinski definition) is 1. The van der Waals surface area contributed by atoms with Crippen molar-refractivity contribution in [1.29, 1.82) is 0 Å². The quantitative estimate of drug-likeness (QED) is 0.362. The summed E-state index contributed by atoms with van der Waals surface area (Å²) in [6.45, 7) is 2.21. The molecule has 0 saturated carbocycles. The molecular formula is C26H27N3O2. The fraction of sp³-hybridized carbons (Fsp3) is 0.231. The van der Waals surface area contributed by atoms with E-state index in [9.17, 15) is 0 Å². The first-order valence-electron chi connectivity index (χ1n) is 10.6. The first-order chi connectivity index (χ1) is 15.2. The van der Waals surface area contributed by atoms with Gasteiger partial charge in [0.15, 0.2) is 5.82 Å². The summed E-state index contributed by atoms with van der Waals surface area (Å²) in [7, 11) is 3.28. The van der Waals surface area contributed by atoms with Crippen LogP contribution in [0.5, 0.6) is 11.5 Å². The number of aryl methyl sites for hydroxylation is 1. The number of fused-ring (bicyclic) bond motifs is 1. The summed E-state index contributed by atoms with van der Waals surface area (Å²) in [5.74, 6) is 2.84. The number of nitrogens with zero attached hydrogens (tertiary/aromatic N) is 2. The second-order valence-electron chi connectivity index (χ2n) is 7.40. The van der Waals surface area contributed by atoms with E-state index in [-0.39, 0.29) is 0 Å². The number of anilines is 2. The van der Waals surface area contributed by atoms with Gasteiger partial charge >= 0.3 is 0 Å². The molecule has 5 heteroatoms. The summed E-state index contributed by atoms with van der Waals surface area (Å²) < 4.78 is 10.9. The van der Waals surface area contributed by atoms with E-state index < -0.39 is 0 Å². The number of unbranched alkanes of at least 4 members (excludes halogenated alkanes) is 1. The van der Waals surface area contributed by atoms with Gasteiger partial charge in [-0.05, 0) is 42.7 Å². The van der Waals surface area contributed by atoms with Gasteiger partial charge in [0.2, 0.25) is 0 Å². The molecule has 0 saturated heterocycles. The molecule has 0 unspecified atom stereocenters. The third-order valence-corrected chi connectivity index (χ3v) is 5.30. The van der Waals surface area contributed by atoms with Gasteiger partial charge in [-0.3, -0.25) is 0 Å². The van der Waals surface area contributed by atoms with E-state index in [1.807, 2.05) is 42.5 Å². The lowest BCUT2D eigenvalue weighted by atomic mass is 10.1. The molecule has 0 amide bonds. The molecule has 0 bridgehead atoms. The summed E-state index contributed by atoms with van der Waals surface area (Å²) in [6.07, 6.45) is 3.49. The summed E-state index contributed by atoms with van der Waals surface area (Å²) in [4.78, 5) is 9.67. The number of ether oxygens (including phenoxy) is 2.